The van der Waals surface area contributed by atoms with Gasteiger partial charge in [-0.05, 0) is 36.4 Å². The highest BCUT2D eigenvalue weighted by molar-refractivity contribution is 9.10. The number of nitrogens with zero attached hydrogens (tertiary/aromatic N) is 1. The van der Waals surface area contributed by atoms with Crippen molar-refractivity contribution in [1.82, 2.24) is 4.90 Å². The van der Waals surface area contributed by atoms with E-state index < -0.39 is 23.1 Å². The summed E-state index contributed by atoms with van der Waals surface area (Å²) in [5.41, 5.74) is -0.471. The summed E-state index contributed by atoms with van der Waals surface area (Å²) in [6.07, 6.45) is 1.67. The lowest BCUT2D eigenvalue weighted by molar-refractivity contribution is 0.0728. The minimum atomic E-state index is -0.830. The van der Waals surface area contributed by atoms with Crippen molar-refractivity contribution in [3.8, 4) is 0 Å². The van der Waals surface area contributed by atoms with Gasteiger partial charge in [0.15, 0.2) is 0 Å². The summed E-state index contributed by atoms with van der Waals surface area (Å²) in [6.45, 7) is 0.524. The fourth-order valence-electron chi connectivity index (χ4n) is 2.68. The Hall–Kier alpha value is -1.27. The third-order valence-electron chi connectivity index (χ3n) is 3.61. The van der Waals surface area contributed by atoms with E-state index in [9.17, 15) is 13.6 Å². The fourth-order valence-corrected chi connectivity index (χ4v) is 3.95. The van der Waals surface area contributed by atoms with Crippen LogP contribution in [0.3, 0.4) is 0 Å². The predicted molar refractivity (Wildman–Crippen MR) is 81.4 cm³/mol. The van der Waals surface area contributed by atoms with Gasteiger partial charge in [0, 0.05) is 15.9 Å². The number of amides is 1. The van der Waals surface area contributed by atoms with Crippen molar-refractivity contribution in [3.63, 3.8) is 0 Å². The Morgan fingerprint density at radius 1 is 1.33 bits per heavy atom. The van der Waals surface area contributed by atoms with E-state index in [0.29, 0.717) is 6.54 Å². The van der Waals surface area contributed by atoms with Crippen LogP contribution in [-0.4, -0.2) is 17.4 Å². The maximum atomic E-state index is 14.0. The molecule has 1 aliphatic rings. The van der Waals surface area contributed by atoms with Crippen LogP contribution in [0.2, 0.25) is 0 Å². The number of hydrogen-bond donors (Lipinski definition) is 0. The first-order valence-corrected chi connectivity index (χ1v) is 8.24. The Labute approximate surface area is 133 Å². The van der Waals surface area contributed by atoms with Crippen LogP contribution in [0.25, 0.3) is 0 Å². The van der Waals surface area contributed by atoms with Gasteiger partial charge in [-0.3, -0.25) is 4.79 Å². The van der Waals surface area contributed by atoms with Gasteiger partial charge in [0.25, 0.3) is 5.91 Å². The van der Waals surface area contributed by atoms with E-state index in [0.717, 1.165) is 29.9 Å². The highest BCUT2D eigenvalue weighted by Gasteiger charge is 2.33. The van der Waals surface area contributed by atoms with Crippen molar-refractivity contribution < 1.29 is 13.6 Å². The Morgan fingerprint density at radius 3 is 2.67 bits per heavy atom. The van der Waals surface area contributed by atoms with Crippen LogP contribution in [0.5, 0.6) is 0 Å². The van der Waals surface area contributed by atoms with Gasteiger partial charge in [0.05, 0.1) is 6.04 Å². The SMILES string of the molecule is O=C(c1c(F)cc(Br)cc1F)N1CCCC1c1cccs1. The largest absolute Gasteiger partial charge is 0.331 e. The third-order valence-corrected chi connectivity index (χ3v) is 5.04. The summed E-state index contributed by atoms with van der Waals surface area (Å²) in [6, 6.07) is 6.02. The van der Waals surface area contributed by atoms with E-state index >= 15 is 0 Å². The normalized spacial score (nSPS) is 18.2. The quantitative estimate of drug-likeness (QED) is 0.744. The van der Waals surface area contributed by atoms with Crippen molar-refractivity contribution in [2.45, 2.75) is 18.9 Å². The molecule has 1 unspecified atom stereocenters. The van der Waals surface area contributed by atoms with Gasteiger partial charge in [0.2, 0.25) is 0 Å². The van der Waals surface area contributed by atoms with Crippen LogP contribution >= 0.6 is 27.3 Å². The zero-order valence-corrected chi connectivity index (χ0v) is 13.4. The molecule has 2 nitrogen and oxygen atoms in total. The number of thiophene rings is 1. The van der Waals surface area contributed by atoms with Crippen LogP contribution in [0.15, 0.2) is 34.1 Å². The van der Waals surface area contributed by atoms with Gasteiger partial charge in [-0.25, -0.2) is 8.78 Å². The molecule has 0 N–H and O–H groups in total. The van der Waals surface area contributed by atoms with Crippen molar-refractivity contribution in [2.75, 3.05) is 6.54 Å². The molecule has 1 amide bonds. The first-order valence-electron chi connectivity index (χ1n) is 6.57. The molecule has 2 aromatic rings. The molecule has 0 radical (unpaired) electrons. The molecule has 0 spiro atoms. The molecule has 21 heavy (non-hydrogen) atoms. The molecule has 0 aliphatic carbocycles. The maximum absolute atomic E-state index is 14.0. The Kier molecular flexibility index (Phi) is 4.08. The van der Waals surface area contributed by atoms with Crippen LogP contribution in [-0.2, 0) is 0 Å². The Balaban J connectivity index is 1.95. The van der Waals surface area contributed by atoms with Gasteiger partial charge < -0.3 is 4.90 Å². The number of benzene rings is 1. The van der Waals surface area contributed by atoms with Gasteiger partial charge in [-0.1, -0.05) is 22.0 Å². The second-order valence-electron chi connectivity index (χ2n) is 4.92. The van der Waals surface area contributed by atoms with E-state index in [1.807, 2.05) is 17.5 Å². The van der Waals surface area contributed by atoms with Gasteiger partial charge in [-0.2, -0.15) is 0 Å². The number of carbonyl (C=O) groups excluding carboxylic acids is 1. The number of halogens is 3. The molecule has 1 aromatic carbocycles. The minimum absolute atomic E-state index is 0.0834. The van der Waals surface area contributed by atoms with E-state index in [2.05, 4.69) is 15.9 Å². The number of rotatable bonds is 2. The first kappa shape index (κ1) is 14.7. The molecule has 1 aromatic heterocycles. The highest BCUT2D eigenvalue weighted by Crippen LogP contribution is 2.36. The number of likely N-dealkylation sites (tertiary alicyclic amines) is 1. The summed E-state index contributed by atoms with van der Waals surface area (Å²) in [5.74, 6) is -2.24. The number of carbonyl (C=O) groups is 1. The van der Waals surface area contributed by atoms with E-state index in [1.54, 1.807) is 16.2 Å². The average Bonchev–Trinajstić information content (AvgIpc) is 3.08. The van der Waals surface area contributed by atoms with Crippen molar-refractivity contribution in [1.29, 1.82) is 0 Å². The molecule has 1 atom stereocenters. The highest BCUT2D eigenvalue weighted by atomic mass is 79.9. The van der Waals surface area contributed by atoms with E-state index in [1.165, 1.54) is 0 Å². The van der Waals surface area contributed by atoms with Gasteiger partial charge in [-0.15, -0.1) is 11.3 Å². The Bertz CT molecular complexity index is 651. The smallest absolute Gasteiger partial charge is 0.260 e. The van der Waals surface area contributed by atoms with Crippen LogP contribution in [0.1, 0.15) is 34.1 Å². The molecule has 110 valence electrons. The fraction of sp³-hybridized carbons (Fsp3) is 0.267. The van der Waals surface area contributed by atoms with E-state index in [4.69, 9.17) is 0 Å². The first-order chi connectivity index (χ1) is 10.1. The molecule has 0 saturated carbocycles. The molecule has 1 saturated heterocycles. The van der Waals surface area contributed by atoms with Crippen LogP contribution < -0.4 is 0 Å². The summed E-state index contributed by atoms with van der Waals surface area (Å²) >= 11 is 4.58. The molecule has 1 fully saturated rings. The zero-order valence-electron chi connectivity index (χ0n) is 11.0. The number of hydrogen-bond acceptors (Lipinski definition) is 2. The molecule has 6 heteroatoms. The minimum Gasteiger partial charge on any atom is -0.331 e. The second-order valence-corrected chi connectivity index (χ2v) is 6.81. The third kappa shape index (κ3) is 2.74. The van der Waals surface area contributed by atoms with Gasteiger partial charge in [0.1, 0.15) is 17.2 Å². The lowest BCUT2D eigenvalue weighted by atomic mass is 10.1. The standard InChI is InChI=1S/C15H12BrF2NOS/c16-9-7-10(17)14(11(18)8-9)15(20)19-5-1-3-12(19)13-4-2-6-21-13/h2,4,6-8,12H,1,3,5H2. The molecular formula is C15H12BrF2NOS. The molecule has 2 heterocycles. The average molecular weight is 372 g/mol. The van der Waals surface area contributed by atoms with Crippen molar-refractivity contribution in [3.05, 3.63) is 56.2 Å². The summed E-state index contributed by atoms with van der Waals surface area (Å²) in [7, 11) is 0. The maximum Gasteiger partial charge on any atom is 0.260 e. The second kappa shape index (κ2) is 5.85. The van der Waals surface area contributed by atoms with E-state index in [-0.39, 0.29) is 10.5 Å². The lowest BCUT2D eigenvalue weighted by Crippen LogP contribution is -2.31. The molecule has 3 rings (SSSR count). The summed E-state index contributed by atoms with van der Waals surface area (Å²) in [5, 5.41) is 1.94. The van der Waals surface area contributed by atoms with Gasteiger partial charge >= 0.3 is 0 Å². The molecule has 0 bridgehead atoms. The lowest BCUT2D eigenvalue weighted by Gasteiger charge is -2.24. The van der Waals surface area contributed by atoms with Crippen LogP contribution in [0, 0.1) is 11.6 Å². The monoisotopic (exact) mass is 371 g/mol. The molecule has 1 aliphatic heterocycles. The van der Waals surface area contributed by atoms with Crippen molar-refractivity contribution in [2.24, 2.45) is 0 Å². The topological polar surface area (TPSA) is 20.3 Å². The zero-order chi connectivity index (χ0) is 15.0. The van der Waals surface area contributed by atoms with Crippen LogP contribution in [0.4, 0.5) is 8.78 Å². The Morgan fingerprint density at radius 2 is 2.05 bits per heavy atom. The predicted octanol–water partition coefficient (Wildman–Crippen LogP) is 4.77. The van der Waals surface area contributed by atoms with Crippen molar-refractivity contribution >= 4 is 33.2 Å². The summed E-state index contributed by atoms with van der Waals surface area (Å²) < 4.78 is 28.2. The summed E-state index contributed by atoms with van der Waals surface area (Å²) in [4.78, 5) is 15.2. The molecular weight excluding hydrogens is 360 g/mol.